The minimum absolute atomic E-state index is 0.295. The second-order valence-electron chi connectivity index (χ2n) is 4.31. The number of aryl methyl sites for hydroxylation is 2. The molecule has 1 heterocycles. The predicted molar refractivity (Wildman–Crippen MR) is 71.0 cm³/mol. The van der Waals surface area contributed by atoms with Crippen LogP contribution in [0.15, 0.2) is 4.42 Å². The molecule has 1 aromatic heterocycles. The van der Waals surface area contributed by atoms with Crippen molar-refractivity contribution in [2.24, 2.45) is 0 Å². The molecule has 0 spiro atoms. The van der Waals surface area contributed by atoms with Gasteiger partial charge in [0.1, 0.15) is 5.76 Å². The zero-order valence-electron chi connectivity index (χ0n) is 11.9. The van der Waals surface area contributed by atoms with E-state index in [-0.39, 0.29) is 0 Å². The van der Waals surface area contributed by atoms with E-state index in [1.807, 2.05) is 20.8 Å². The molecule has 1 atom stereocenters. The summed E-state index contributed by atoms with van der Waals surface area (Å²) in [5.41, 5.74) is 0.900. The van der Waals surface area contributed by atoms with E-state index in [1.54, 1.807) is 0 Å². The molecule has 1 unspecified atom stereocenters. The Hall–Kier alpha value is -0.950. The number of hydrogen-bond donors (Lipinski definition) is 2. The van der Waals surface area contributed by atoms with E-state index in [1.165, 1.54) is 0 Å². The lowest BCUT2D eigenvalue weighted by molar-refractivity contribution is 0.00629. The van der Waals surface area contributed by atoms with E-state index in [4.69, 9.17) is 13.9 Å². The van der Waals surface area contributed by atoms with Crippen LogP contribution in [0.25, 0.3) is 0 Å². The largest absolute Gasteiger partial charge is 0.444 e. The summed E-state index contributed by atoms with van der Waals surface area (Å²) in [6, 6.07) is 0. The van der Waals surface area contributed by atoms with Crippen LogP contribution in [0.1, 0.15) is 24.3 Å². The summed E-state index contributed by atoms with van der Waals surface area (Å²) < 4.78 is 15.8. The molecule has 0 saturated carbocycles. The number of rotatable bonds is 10. The number of oxazole rings is 1. The van der Waals surface area contributed by atoms with Crippen LogP contribution in [-0.4, -0.2) is 49.2 Å². The van der Waals surface area contributed by atoms with Crippen LogP contribution in [0, 0.1) is 13.8 Å². The van der Waals surface area contributed by atoms with Crippen LogP contribution in [0.4, 0.5) is 0 Å². The first-order valence-corrected chi connectivity index (χ1v) is 6.60. The molecule has 0 aliphatic heterocycles. The Morgan fingerprint density at radius 3 is 2.68 bits per heavy atom. The van der Waals surface area contributed by atoms with Crippen molar-refractivity contribution in [2.75, 3.05) is 33.0 Å². The number of aromatic nitrogens is 1. The molecule has 0 fully saturated rings. The van der Waals surface area contributed by atoms with E-state index in [0.717, 1.165) is 11.5 Å². The van der Waals surface area contributed by atoms with Gasteiger partial charge < -0.3 is 24.3 Å². The molecule has 0 aliphatic rings. The van der Waals surface area contributed by atoms with E-state index in [0.29, 0.717) is 45.4 Å². The summed E-state index contributed by atoms with van der Waals surface area (Å²) >= 11 is 0. The lowest BCUT2D eigenvalue weighted by Gasteiger charge is -2.11. The molecule has 110 valence electrons. The molecule has 0 bridgehead atoms. The molecule has 2 N–H and O–H groups in total. The molecular weight excluding hydrogens is 248 g/mol. The van der Waals surface area contributed by atoms with Crippen LogP contribution in [0.2, 0.25) is 0 Å². The fourth-order valence-corrected chi connectivity index (χ4v) is 1.50. The Balaban J connectivity index is 2.05. The van der Waals surface area contributed by atoms with E-state index in [9.17, 15) is 5.11 Å². The first-order chi connectivity index (χ1) is 9.13. The van der Waals surface area contributed by atoms with Crippen molar-refractivity contribution < 1.29 is 19.0 Å². The molecule has 6 heteroatoms. The van der Waals surface area contributed by atoms with E-state index >= 15 is 0 Å². The number of ether oxygens (including phenoxy) is 2. The summed E-state index contributed by atoms with van der Waals surface area (Å²) in [4.78, 5) is 4.24. The average molecular weight is 272 g/mol. The molecule has 0 aliphatic carbocycles. The van der Waals surface area contributed by atoms with Gasteiger partial charge in [0, 0.05) is 13.2 Å². The Kier molecular flexibility index (Phi) is 7.66. The highest BCUT2D eigenvalue weighted by atomic mass is 16.5. The third-order valence-electron chi connectivity index (χ3n) is 2.62. The normalized spacial score (nSPS) is 12.8. The second-order valence-corrected chi connectivity index (χ2v) is 4.31. The van der Waals surface area contributed by atoms with Crippen molar-refractivity contribution in [1.29, 1.82) is 0 Å². The van der Waals surface area contributed by atoms with Crippen molar-refractivity contribution in [3.05, 3.63) is 17.3 Å². The third kappa shape index (κ3) is 6.68. The SMILES string of the molecule is CCOCCOCC(O)CNCc1nc(C)c(C)o1. The van der Waals surface area contributed by atoms with Gasteiger partial charge in [-0.1, -0.05) is 0 Å². The standard InChI is InChI=1S/C13H24N2O4/c1-4-17-5-6-18-9-12(16)7-14-8-13-15-10(2)11(3)19-13/h12,14,16H,4-9H2,1-3H3. The van der Waals surface area contributed by atoms with Crippen molar-refractivity contribution in [3.8, 4) is 0 Å². The summed E-state index contributed by atoms with van der Waals surface area (Å²) in [6.45, 7) is 8.71. The molecule has 0 saturated heterocycles. The van der Waals surface area contributed by atoms with Crippen molar-refractivity contribution >= 4 is 0 Å². The van der Waals surface area contributed by atoms with Gasteiger partial charge >= 0.3 is 0 Å². The highest BCUT2D eigenvalue weighted by molar-refractivity contribution is 5.05. The summed E-state index contributed by atoms with van der Waals surface area (Å²) in [7, 11) is 0. The highest BCUT2D eigenvalue weighted by Crippen LogP contribution is 2.07. The van der Waals surface area contributed by atoms with Gasteiger partial charge in [0.15, 0.2) is 0 Å². The monoisotopic (exact) mass is 272 g/mol. The number of nitrogens with one attached hydrogen (secondary N) is 1. The van der Waals surface area contributed by atoms with Crippen molar-refractivity contribution in [3.63, 3.8) is 0 Å². The molecular formula is C13H24N2O4. The number of hydrogen-bond acceptors (Lipinski definition) is 6. The minimum atomic E-state index is -0.543. The quantitative estimate of drug-likeness (QED) is 0.613. The summed E-state index contributed by atoms with van der Waals surface area (Å²) in [5.74, 6) is 1.47. The van der Waals surface area contributed by atoms with Gasteiger partial charge in [-0.05, 0) is 20.8 Å². The van der Waals surface area contributed by atoms with Gasteiger partial charge in [-0.2, -0.15) is 0 Å². The topological polar surface area (TPSA) is 76.8 Å². The maximum Gasteiger partial charge on any atom is 0.208 e. The Morgan fingerprint density at radius 1 is 1.32 bits per heavy atom. The van der Waals surface area contributed by atoms with Crippen LogP contribution in [0.5, 0.6) is 0 Å². The highest BCUT2D eigenvalue weighted by Gasteiger charge is 2.07. The Bertz CT molecular complexity index is 335. The first kappa shape index (κ1) is 16.1. The fraction of sp³-hybridized carbons (Fsp3) is 0.769. The average Bonchev–Trinajstić information content (AvgIpc) is 2.68. The summed E-state index contributed by atoms with van der Waals surface area (Å²) in [6.07, 6.45) is -0.543. The van der Waals surface area contributed by atoms with Gasteiger partial charge in [0.05, 0.1) is 38.2 Å². The second kappa shape index (κ2) is 9.03. The summed E-state index contributed by atoms with van der Waals surface area (Å²) in [5, 5.41) is 12.7. The van der Waals surface area contributed by atoms with Gasteiger partial charge in [-0.25, -0.2) is 4.98 Å². The number of nitrogens with zero attached hydrogens (tertiary/aromatic N) is 1. The predicted octanol–water partition coefficient (Wildman–Crippen LogP) is 0.795. The van der Waals surface area contributed by atoms with Gasteiger partial charge in [-0.15, -0.1) is 0 Å². The fourth-order valence-electron chi connectivity index (χ4n) is 1.50. The lowest BCUT2D eigenvalue weighted by atomic mass is 10.4. The maximum absolute atomic E-state index is 9.66. The molecule has 1 aromatic rings. The van der Waals surface area contributed by atoms with Gasteiger partial charge in [-0.3, -0.25) is 0 Å². The molecule has 6 nitrogen and oxygen atoms in total. The molecule has 0 radical (unpaired) electrons. The zero-order chi connectivity index (χ0) is 14.1. The number of aliphatic hydroxyl groups excluding tert-OH is 1. The van der Waals surface area contributed by atoms with E-state index < -0.39 is 6.10 Å². The molecule has 0 amide bonds. The molecule has 0 aromatic carbocycles. The smallest absolute Gasteiger partial charge is 0.208 e. The van der Waals surface area contributed by atoms with Gasteiger partial charge in [0.25, 0.3) is 0 Å². The Labute approximate surface area is 114 Å². The molecule has 19 heavy (non-hydrogen) atoms. The molecule has 1 rings (SSSR count). The third-order valence-corrected chi connectivity index (χ3v) is 2.62. The zero-order valence-corrected chi connectivity index (χ0v) is 11.9. The van der Waals surface area contributed by atoms with E-state index in [2.05, 4.69) is 10.3 Å². The first-order valence-electron chi connectivity index (χ1n) is 6.60. The van der Waals surface area contributed by atoms with Crippen LogP contribution in [0.3, 0.4) is 0 Å². The van der Waals surface area contributed by atoms with Crippen molar-refractivity contribution in [2.45, 2.75) is 33.4 Å². The van der Waals surface area contributed by atoms with Gasteiger partial charge in [0.2, 0.25) is 5.89 Å². The Morgan fingerprint density at radius 2 is 2.05 bits per heavy atom. The maximum atomic E-state index is 9.66. The minimum Gasteiger partial charge on any atom is -0.444 e. The van der Waals surface area contributed by atoms with Crippen LogP contribution < -0.4 is 5.32 Å². The number of aliphatic hydroxyl groups is 1. The lowest BCUT2D eigenvalue weighted by Crippen LogP contribution is -2.30. The van der Waals surface area contributed by atoms with Crippen LogP contribution in [-0.2, 0) is 16.0 Å². The van der Waals surface area contributed by atoms with Crippen LogP contribution >= 0.6 is 0 Å². The van der Waals surface area contributed by atoms with Crippen molar-refractivity contribution in [1.82, 2.24) is 10.3 Å².